The molecule has 21 heavy (non-hydrogen) atoms. The summed E-state index contributed by atoms with van der Waals surface area (Å²) in [5.41, 5.74) is 4.30. The Kier molecular flexibility index (Phi) is 4.22. The smallest absolute Gasteiger partial charge is 0.155 e. The summed E-state index contributed by atoms with van der Waals surface area (Å²) in [6.07, 6.45) is 4.36. The van der Waals surface area contributed by atoms with E-state index in [1.807, 2.05) is 23.7 Å². The molecule has 1 aliphatic heterocycles. The Hall–Kier alpha value is -1.46. The molecule has 2 atom stereocenters. The SMILES string of the molecule is Cc1cc2ncc(C(C)NCCC3CCOC3)c(C)n2n1. The first-order valence-corrected chi connectivity index (χ1v) is 7.78. The van der Waals surface area contributed by atoms with Crippen molar-refractivity contribution in [3.05, 3.63) is 29.2 Å². The quantitative estimate of drug-likeness (QED) is 0.918. The van der Waals surface area contributed by atoms with Gasteiger partial charge in [-0.1, -0.05) is 0 Å². The molecule has 0 spiro atoms. The molecular formula is C16H24N4O. The van der Waals surface area contributed by atoms with E-state index >= 15 is 0 Å². The molecule has 0 amide bonds. The third-order valence-corrected chi connectivity index (χ3v) is 4.38. The third-order valence-electron chi connectivity index (χ3n) is 4.38. The van der Waals surface area contributed by atoms with Crippen LogP contribution in [-0.2, 0) is 4.74 Å². The van der Waals surface area contributed by atoms with Crippen molar-refractivity contribution in [3.8, 4) is 0 Å². The van der Waals surface area contributed by atoms with Gasteiger partial charge in [-0.2, -0.15) is 5.10 Å². The van der Waals surface area contributed by atoms with Crippen LogP contribution in [0.3, 0.4) is 0 Å². The highest BCUT2D eigenvalue weighted by atomic mass is 16.5. The number of nitrogens with one attached hydrogen (secondary N) is 1. The molecule has 5 heteroatoms. The van der Waals surface area contributed by atoms with Gasteiger partial charge in [0.25, 0.3) is 0 Å². The lowest BCUT2D eigenvalue weighted by molar-refractivity contribution is 0.184. The molecular weight excluding hydrogens is 264 g/mol. The van der Waals surface area contributed by atoms with Gasteiger partial charge in [0, 0.05) is 42.8 Å². The molecule has 2 unspecified atom stereocenters. The van der Waals surface area contributed by atoms with E-state index in [1.165, 1.54) is 18.4 Å². The number of rotatable bonds is 5. The standard InChI is InChI=1S/C16H24N4O/c1-11-8-16-18-9-15(13(3)20(16)19-11)12(2)17-6-4-14-5-7-21-10-14/h8-9,12,14,17H,4-7,10H2,1-3H3. The van der Waals surface area contributed by atoms with Crippen molar-refractivity contribution >= 4 is 5.65 Å². The van der Waals surface area contributed by atoms with Crippen molar-refractivity contribution in [1.82, 2.24) is 19.9 Å². The zero-order valence-electron chi connectivity index (χ0n) is 13.1. The van der Waals surface area contributed by atoms with E-state index in [-0.39, 0.29) is 6.04 Å². The first-order chi connectivity index (χ1) is 10.1. The van der Waals surface area contributed by atoms with E-state index in [0.717, 1.165) is 42.7 Å². The Morgan fingerprint density at radius 3 is 3.10 bits per heavy atom. The highest BCUT2D eigenvalue weighted by Crippen LogP contribution is 2.19. The summed E-state index contributed by atoms with van der Waals surface area (Å²) in [4.78, 5) is 4.51. The second kappa shape index (κ2) is 6.12. The average Bonchev–Trinajstić information content (AvgIpc) is 3.08. The Labute approximate surface area is 125 Å². The molecule has 0 radical (unpaired) electrons. The van der Waals surface area contributed by atoms with Gasteiger partial charge in [0.1, 0.15) is 0 Å². The van der Waals surface area contributed by atoms with Crippen molar-refractivity contribution in [2.75, 3.05) is 19.8 Å². The predicted octanol–water partition coefficient (Wildman–Crippen LogP) is 2.42. The zero-order chi connectivity index (χ0) is 14.8. The van der Waals surface area contributed by atoms with E-state index < -0.39 is 0 Å². The third kappa shape index (κ3) is 3.09. The lowest BCUT2D eigenvalue weighted by Crippen LogP contribution is -2.23. The number of aryl methyl sites for hydroxylation is 2. The topological polar surface area (TPSA) is 51.5 Å². The highest BCUT2D eigenvalue weighted by Gasteiger charge is 2.16. The van der Waals surface area contributed by atoms with Crippen molar-refractivity contribution in [3.63, 3.8) is 0 Å². The second-order valence-electron chi connectivity index (χ2n) is 6.05. The van der Waals surface area contributed by atoms with Gasteiger partial charge < -0.3 is 10.1 Å². The fourth-order valence-electron chi connectivity index (χ4n) is 3.03. The number of hydrogen-bond donors (Lipinski definition) is 1. The van der Waals surface area contributed by atoms with Crippen LogP contribution in [0.2, 0.25) is 0 Å². The van der Waals surface area contributed by atoms with Gasteiger partial charge >= 0.3 is 0 Å². The van der Waals surface area contributed by atoms with E-state index in [2.05, 4.69) is 29.2 Å². The number of fused-ring (bicyclic) bond motifs is 1. The van der Waals surface area contributed by atoms with Gasteiger partial charge in [-0.3, -0.25) is 0 Å². The van der Waals surface area contributed by atoms with Gasteiger partial charge in [0.05, 0.1) is 5.69 Å². The maximum absolute atomic E-state index is 5.42. The summed E-state index contributed by atoms with van der Waals surface area (Å²) in [7, 11) is 0. The van der Waals surface area contributed by atoms with Crippen molar-refractivity contribution in [1.29, 1.82) is 0 Å². The van der Waals surface area contributed by atoms with Crippen LogP contribution >= 0.6 is 0 Å². The summed E-state index contributed by atoms with van der Waals surface area (Å²) >= 11 is 0. The number of nitrogens with zero attached hydrogens (tertiary/aromatic N) is 3. The minimum atomic E-state index is 0.286. The molecule has 1 saturated heterocycles. The van der Waals surface area contributed by atoms with Crippen LogP contribution in [0.15, 0.2) is 12.3 Å². The Morgan fingerprint density at radius 1 is 1.48 bits per heavy atom. The Bertz CT molecular complexity index is 616. The average molecular weight is 288 g/mol. The summed E-state index contributed by atoms with van der Waals surface area (Å²) in [5, 5.41) is 8.11. The molecule has 0 aliphatic carbocycles. The molecule has 3 heterocycles. The zero-order valence-corrected chi connectivity index (χ0v) is 13.1. The molecule has 0 saturated carbocycles. The Morgan fingerprint density at radius 2 is 2.33 bits per heavy atom. The van der Waals surface area contributed by atoms with Crippen LogP contribution in [0.5, 0.6) is 0 Å². The molecule has 1 aliphatic rings. The van der Waals surface area contributed by atoms with Crippen molar-refractivity contribution in [2.24, 2.45) is 5.92 Å². The summed E-state index contributed by atoms with van der Waals surface area (Å²) < 4.78 is 7.36. The van der Waals surface area contributed by atoms with Crippen LogP contribution in [0, 0.1) is 19.8 Å². The second-order valence-corrected chi connectivity index (χ2v) is 6.05. The van der Waals surface area contributed by atoms with Crippen molar-refractivity contribution in [2.45, 2.75) is 39.7 Å². The summed E-state index contributed by atoms with van der Waals surface area (Å²) in [5.74, 6) is 0.722. The fourth-order valence-corrected chi connectivity index (χ4v) is 3.03. The molecule has 114 valence electrons. The predicted molar refractivity (Wildman–Crippen MR) is 82.4 cm³/mol. The van der Waals surface area contributed by atoms with Gasteiger partial charge in [0.2, 0.25) is 0 Å². The van der Waals surface area contributed by atoms with Crippen LogP contribution < -0.4 is 5.32 Å². The van der Waals surface area contributed by atoms with E-state index in [1.54, 1.807) is 0 Å². The largest absolute Gasteiger partial charge is 0.381 e. The summed E-state index contributed by atoms with van der Waals surface area (Å²) in [6, 6.07) is 2.29. The molecule has 3 rings (SSSR count). The number of ether oxygens (including phenoxy) is 1. The van der Waals surface area contributed by atoms with Gasteiger partial charge in [-0.15, -0.1) is 0 Å². The highest BCUT2D eigenvalue weighted by molar-refractivity contribution is 5.42. The first-order valence-electron chi connectivity index (χ1n) is 7.78. The fraction of sp³-hybridized carbons (Fsp3) is 0.625. The van der Waals surface area contributed by atoms with E-state index in [0.29, 0.717) is 0 Å². The van der Waals surface area contributed by atoms with Crippen molar-refractivity contribution < 1.29 is 4.74 Å². The molecule has 0 bridgehead atoms. The minimum absolute atomic E-state index is 0.286. The molecule has 2 aromatic heterocycles. The lowest BCUT2D eigenvalue weighted by atomic mass is 10.0. The molecule has 2 aromatic rings. The maximum Gasteiger partial charge on any atom is 0.155 e. The van der Waals surface area contributed by atoms with E-state index in [4.69, 9.17) is 4.74 Å². The van der Waals surface area contributed by atoms with Crippen LogP contribution in [-0.4, -0.2) is 34.4 Å². The molecule has 1 fully saturated rings. The summed E-state index contributed by atoms with van der Waals surface area (Å²) in [6.45, 7) is 9.18. The lowest BCUT2D eigenvalue weighted by Gasteiger charge is -2.17. The van der Waals surface area contributed by atoms with E-state index in [9.17, 15) is 0 Å². The Balaban J connectivity index is 1.66. The first kappa shape index (κ1) is 14.5. The van der Waals surface area contributed by atoms with Crippen LogP contribution in [0.25, 0.3) is 5.65 Å². The molecule has 5 nitrogen and oxygen atoms in total. The van der Waals surface area contributed by atoms with Gasteiger partial charge in [0.15, 0.2) is 5.65 Å². The minimum Gasteiger partial charge on any atom is -0.381 e. The number of aromatic nitrogens is 3. The van der Waals surface area contributed by atoms with Crippen LogP contribution in [0.1, 0.15) is 42.8 Å². The van der Waals surface area contributed by atoms with Crippen LogP contribution in [0.4, 0.5) is 0 Å². The monoisotopic (exact) mass is 288 g/mol. The molecule has 1 N–H and O–H groups in total. The maximum atomic E-state index is 5.42. The van der Waals surface area contributed by atoms with Gasteiger partial charge in [-0.25, -0.2) is 9.50 Å². The number of hydrogen-bond acceptors (Lipinski definition) is 4. The molecule has 0 aromatic carbocycles. The van der Waals surface area contributed by atoms with Gasteiger partial charge in [-0.05, 0) is 46.1 Å². The normalized spacial score (nSPS) is 20.2.